The van der Waals surface area contributed by atoms with E-state index in [1.54, 1.807) is 6.33 Å². The summed E-state index contributed by atoms with van der Waals surface area (Å²) in [4.78, 5) is 18.8. The van der Waals surface area contributed by atoms with Crippen LogP contribution in [0.2, 0.25) is 0 Å². The number of carbonyl (C=O) groups excluding carboxylic acids is 1. The first-order valence-corrected chi connectivity index (χ1v) is 8.55. The third-order valence-corrected chi connectivity index (χ3v) is 4.84. The quantitative estimate of drug-likeness (QED) is 0.872. The molecule has 1 aliphatic rings. The van der Waals surface area contributed by atoms with Gasteiger partial charge in [-0.05, 0) is 33.6 Å². The zero-order chi connectivity index (χ0) is 15.7. The van der Waals surface area contributed by atoms with Gasteiger partial charge in [0, 0.05) is 30.4 Å². The molecule has 1 amide bonds. The third kappa shape index (κ3) is 2.90. The van der Waals surface area contributed by atoms with Crippen molar-refractivity contribution in [2.75, 3.05) is 13.1 Å². The summed E-state index contributed by atoms with van der Waals surface area (Å²) in [5.41, 5.74) is 0.563. The van der Waals surface area contributed by atoms with Crippen LogP contribution in [0.25, 0.3) is 0 Å². The number of thiazole rings is 1. The molecule has 3 heterocycles. The minimum atomic E-state index is 0.0321. The van der Waals surface area contributed by atoms with Gasteiger partial charge in [-0.3, -0.25) is 4.79 Å². The number of aryl methyl sites for hydroxylation is 1. The van der Waals surface area contributed by atoms with Crippen molar-refractivity contribution in [3.63, 3.8) is 0 Å². The van der Waals surface area contributed by atoms with E-state index < -0.39 is 0 Å². The van der Waals surface area contributed by atoms with Gasteiger partial charge in [-0.2, -0.15) is 0 Å². The zero-order valence-electron chi connectivity index (χ0n) is 13.2. The van der Waals surface area contributed by atoms with Crippen molar-refractivity contribution in [2.45, 2.75) is 45.6 Å². The molecule has 0 radical (unpaired) electrons. The molecule has 2 aromatic rings. The molecule has 6 nitrogen and oxygen atoms in total. The Morgan fingerprint density at radius 3 is 2.95 bits per heavy atom. The molecule has 7 heteroatoms. The van der Waals surface area contributed by atoms with Crippen molar-refractivity contribution in [3.8, 4) is 0 Å². The molecule has 118 valence electrons. The summed E-state index contributed by atoms with van der Waals surface area (Å²) in [6, 6.07) is 0.331. The number of piperidine rings is 1. The number of hydrogen-bond acceptors (Lipinski definition) is 5. The van der Waals surface area contributed by atoms with Crippen LogP contribution in [-0.4, -0.2) is 43.6 Å². The molecule has 0 N–H and O–H groups in total. The summed E-state index contributed by atoms with van der Waals surface area (Å²) in [5.74, 6) is 1.27. The lowest BCUT2D eigenvalue weighted by atomic mass is 9.96. The summed E-state index contributed by atoms with van der Waals surface area (Å²) in [7, 11) is 0. The molecular formula is C15H21N5OS. The highest BCUT2D eigenvalue weighted by atomic mass is 32.1. The smallest absolute Gasteiger partial charge is 0.273 e. The Morgan fingerprint density at radius 1 is 1.45 bits per heavy atom. The minimum absolute atomic E-state index is 0.0321. The second-order valence-electron chi connectivity index (χ2n) is 6.03. The molecule has 0 saturated carbocycles. The van der Waals surface area contributed by atoms with Gasteiger partial charge < -0.3 is 9.47 Å². The second-order valence-corrected chi connectivity index (χ2v) is 7.09. The first-order valence-electron chi connectivity index (χ1n) is 7.67. The van der Waals surface area contributed by atoms with Crippen LogP contribution in [0.4, 0.5) is 0 Å². The maximum atomic E-state index is 12.6. The maximum Gasteiger partial charge on any atom is 0.273 e. The number of likely N-dealkylation sites (tertiary alicyclic amines) is 1. The van der Waals surface area contributed by atoms with Crippen LogP contribution in [0, 0.1) is 6.92 Å². The number of aromatic nitrogens is 4. The van der Waals surface area contributed by atoms with Gasteiger partial charge in [0.1, 0.15) is 17.8 Å². The highest BCUT2D eigenvalue weighted by molar-refractivity contribution is 7.09. The predicted molar refractivity (Wildman–Crippen MR) is 85.1 cm³/mol. The van der Waals surface area contributed by atoms with Crippen molar-refractivity contribution in [3.05, 3.63) is 28.2 Å². The Hall–Kier alpha value is -1.76. The molecular weight excluding hydrogens is 298 g/mol. The minimum Gasteiger partial charge on any atom is -0.337 e. The Morgan fingerprint density at radius 2 is 2.27 bits per heavy atom. The van der Waals surface area contributed by atoms with E-state index >= 15 is 0 Å². The Balaban J connectivity index is 1.77. The largest absolute Gasteiger partial charge is 0.337 e. The average molecular weight is 319 g/mol. The van der Waals surface area contributed by atoms with Crippen LogP contribution in [0.15, 0.2) is 11.7 Å². The summed E-state index contributed by atoms with van der Waals surface area (Å²) >= 11 is 1.52. The second kappa shape index (κ2) is 6.16. The van der Waals surface area contributed by atoms with Crippen LogP contribution in [0.1, 0.15) is 60.0 Å². The van der Waals surface area contributed by atoms with Crippen LogP contribution in [0.5, 0.6) is 0 Å². The Kier molecular flexibility index (Phi) is 4.24. The standard InChI is InChI=1S/C15H21N5OS/c1-10(2)20-9-16-18-14(20)12-5-4-6-19(7-12)15(21)13-8-22-11(3)17-13/h8-10,12H,4-7H2,1-3H3. The molecule has 0 spiro atoms. The lowest BCUT2D eigenvalue weighted by Crippen LogP contribution is -2.40. The molecule has 0 aromatic carbocycles. The Bertz CT molecular complexity index is 662. The summed E-state index contributed by atoms with van der Waals surface area (Å²) in [5, 5.41) is 11.1. The molecule has 1 unspecified atom stereocenters. The first kappa shape index (κ1) is 15.1. The van der Waals surface area contributed by atoms with E-state index in [4.69, 9.17) is 0 Å². The van der Waals surface area contributed by atoms with E-state index in [9.17, 15) is 4.79 Å². The van der Waals surface area contributed by atoms with Crippen molar-refractivity contribution in [2.24, 2.45) is 0 Å². The van der Waals surface area contributed by atoms with Gasteiger partial charge in [0.05, 0.1) is 5.01 Å². The topological polar surface area (TPSA) is 63.9 Å². The van der Waals surface area contributed by atoms with E-state index in [1.165, 1.54) is 11.3 Å². The van der Waals surface area contributed by atoms with Crippen molar-refractivity contribution < 1.29 is 4.79 Å². The molecule has 1 aliphatic heterocycles. The number of carbonyl (C=O) groups is 1. The van der Waals surface area contributed by atoms with Gasteiger partial charge in [-0.1, -0.05) is 0 Å². The molecule has 0 aliphatic carbocycles. The van der Waals surface area contributed by atoms with Crippen LogP contribution < -0.4 is 0 Å². The third-order valence-electron chi connectivity index (χ3n) is 4.07. The molecule has 1 atom stereocenters. The molecule has 1 saturated heterocycles. The van der Waals surface area contributed by atoms with Crippen molar-refractivity contribution in [1.29, 1.82) is 0 Å². The molecule has 0 bridgehead atoms. The van der Waals surface area contributed by atoms with E-state index in [-0.39, 0.29) is 11.8 Å². The number of rotatable bonds is 3. The lowest BCUT2D eigenvalue weighted by Gasteiger charge is -2.32. The van der Waals surface area contributed by atoms with Crippen molar-refractivity contribution >= 4 is 17.2 Å². The summed E-state index contributed by atoms with van der Waals surface area (Å²) in [6.45, 7) is 7.65. The van der Waals surface area contributed by atoms with Crippen LogP contribution >= 0.6 is 11.3 Å². The lowest BCUT2D eigenvalue weighted by molar-refractivity contribution is 0.0697. The number of nitrogens with zero attached hydrogens (tertiary/aromatic N) is 5. The summed E-state index contributed by atoms with van der Waals surface area (Å²) < 4.78 is 2.10. The van der Waals surface area contributed by atoms with Gasteiger partial charge in [0.15, 0.2) is 0 Å². The van der Waals surface area contributed by atoms with Gasteiger partial charge >= 0.3 is 0 Å². The van der Waals surface area contributed by atoms with E-state index in [0.29, 0.717) is 18.3 Å². The molecule has 1 fully saturated rings. The van der Waals surface area contributed by atoms with Gasteiger partial charge in [0.2, 0.25) is 0 Å². The zero-order valence-corrected chi connectivity index (χ0v) is 14.0. The number of hydrogen-bond donors (Lipinski definition) is 0. The van der Waals surface area contributed by atoms with E-state index in [2.05, 4.69) is 33.6 Å². The fraction of sp³-hybridized carbons (Fsp3) is 0.600. The monoisotopic (exact) mass is 319 g/mol. The molecule has 2 aromatic heterocycles. The maximum absolute atomic E-state index is 12.6. The van der Waals surface area contributed by atoms with Crippen LogP contribution in [-0.2, 0) is 0 Å². The average Bonchev–Trinajstić information content (AvgIpc) is 3.15. The van der Waals surface area contributed by atoms with Gasteiger partial charge in [-0.25, -0.2) is 4.98 Å². The predicted octanol–water partition coefficient (Wildman–Crippen LogP) is 2.64. The van der Waals surface area contributed by atoms with Crippen LogP contribution in [0.3, 0.4) is 0 Å². The van der Waals surface area contributed by atoms with E-state index in [1.807, 2.05) is 17.2 Å². The fourth-order valence-electron chi connectivity index (χ4n) is 2.94. The normalized spacial score (nSPS) is 18.9. The fourth-order valence-corrected chi connectivity index (χ4v) is 3.52. The molecule has 3 rings (SSSR count). The number of amides is 1. The highest BCUT2D eigenvalue weighted by Crippen LogP contribution is 2.28. The first-order chi connectivity index (χ1) is 10.6. The highest BCUT2D eigenvalue weighted by Gasteiger charge is 2.29. The summed E-state index contributed by atoms with van der Waals surface area (Å²) in [6.07, 6.45) is 3.82. The SMILES string of the molecule is Cc1nc(C(=O)N2CCCC(c3nncn3C(C)C)C2)cs1. The Labute approximate surface area is 134 Å². The van der Waals surface area contributed by atoms with Gasteiger partial charge in [0.25, 0.3) is 5.91 Å². The molecule has 22 heavy (non-hydrogen) atoms. The van der Waals surface area contributed by atoms with Gasteiger partial charge in [-0.15, -0.1) is 21.5 Å². The van der Waals surface area contributed by atoms with E-state index in [0.717, 1.165) is 30.2 Å². The van der Waals surface area contributed by atoms with Crippen molar-refractivity contribution in [1.82, 2.24) is 24.6 Å².